The molecule has 5 aromatic rings. The van der Waals surface area contributed by atoms with Gasteiger partial charge in [0.05, 0.1) is 29.9 Å². The van der Waals surface area contributed by atoms with E-state index in [2.05, 4.69) is 25.2 Å². The van der Waals surface area contributed by atoms with Crippen LogP contribution in [0.1, 0.15) is 15.9 Å². The van der Waals surface area contributed by atoms with Gasteiger partial charge in [0.1, 0.15) is 35.2 Å². The second kappa shape index (κ2) is 12.2. The van der Waals surface area contributed by atoms with E-state index in [0.717, 1.165) is 41.8 Å². The van der Waals surface area contributed by atoms with E-state index in [1.165, 1.54) is 25.6 Å². The first-order valence-electron chi connectivity index (χ1n) is 13.9. The molecular formula is C31H31FN8O4. The molecule has 1 amide bonds. The molecule has 2 aromatic carbocycles. The first-order chi connectivity index (χ1) is 21.4. The third-order valence-electron chi connectivity index (χ3n) is 7.64. The summed E-state index contributed by atoms with van der Waals surface area (Å²) in [5.41, 5.74) is 9.93. The van der Waals surface area contributed by atoms with Crippen LogP contribution in [0.3, 0.4) is 0 Å². The summed E-state index contributed by atoms with van der Waals surface area (Å²) in [6.45, 7) is 1.80. The Balaban J connectivity index is 1.21. The topological polar surface area (TPSA) is 143 Å². The average molecular weight is 599 g/mol. The van der Waals surface area contributed by atoms with Crippen LogP contribution in [0.25, 0.3) is 28.0 Å². The van der Waals surface area contributed by atoms with E-state index in [9.17, 15) is 9.18 Å². The molecule has 0 spiro atoms. The Morgan fingerprint density at radius 2 is 1.82 bits per heavy atom. The second-order valence-corrected chi connectivity index (χ2v) is 10.3. The van der Waals surface area contributed by atoms with Gasteiger partial charge < -0.3 is 30.2 Å². The molecule has 1 saturated heterocycles. The van der Waals surface area contributed by atoms with Crippen molar-refractivity contribution in [1.29, 1.82) is 0 Å². The Morgan fingerprint density at radius 3 is 2.50 bits per heavy atom. The predicted molar refractivity (Wildman–Crippen MR) is 162 cm³/mol. The standard InChI is InChI=1S/C31H31FN8O4/c1-42-24-10-8-21(32)12-23(24)30(41)35-13-18-4-6-19(7-5-18)27-26-28(33)36-17-37-29(26)40(38-27)22-9-11-25(34-14-22)39-15-20(16-39)31(43-2)44-3/h4-12,14,17,20,31H,13,15-16H2,1-3H3,(H,35,41)(H2,33,36,37). The fourth-order valence-electron chi connectivity index (χ4n) is 5.32. The molecule has 0 aliphatic carbocycles. The lowest BCUT2D eigenvalue weighted by molar-refractivity contribution is -0.142. The number of halogens is 1. The summed E-state index contributed by atoms with van der Waals surface area (Å²) in [6.07, 6.45) is 2.92. The Hall–Kier alpha value is -5.14. The third kappa shape index (κ3) is 5.50. The molecule has 226 valence electrons. The van der Waals surface area contributed by atoms with E-state index in [1.54, 1.807) is 25.1 Å². The van der Waals surface area contributed by atoms with Crippen molar-refractivity contribution in [2.75, 3.05) is 45.1 Å². The first-order valence-corrected chi connectivity index (χ1v) is 13.9. The van der Waals surface area contributed by atoms with E-state index in [-0.39, 0.29) is 24.3 Å². The number of anilines is 2. The van der Waals surface area contributed by atoms with Crippen LogP contribution in [0.5, 0.6) is 5.75 Å². The molecule has 1 fully saturated rings. The highest BCUT2D eigenvalue weighted by atomic mass is 19.1. The van der Waals surface area contributed by atoms with Gasteiger partial charge in [-0.15, -0.1) is 0 Å². The number of benzene rings is 2. The van der Waals surface area contributed by atoms with Crippen molar-refractivity contribution in [2.24, 2.45) is 5.92 Å². The summed E-state index contributed by atoms with van der Waals surface area (Å²) < 4.78 is 31.4. The molecule has 44 heavy (non-hydrogen) atoms. The number of carbonyl (C=O) groups excluding carboxylic acids is 1. The summed E-state index contributed by atoms with van der Waals surface area (Å²) in [6, 6.07) is 15.2. The van der Waals surface area contributed by atoms with Gasteiger partial charge in [-0.25, -0.2) is 24.0 Å². The van der Waals surface area contributed by atoms with Crippen molar-refractivity contribution in [3.63, 3.8) is 0 Å². The van der Waals surface area contributed by atoms with Crippen LogP contribution in [0.15, 0.2) is 67.1 Å². The summed E-state index contributed by atoms with van der Waals surface area (Å²) >= 11 is 0. The summed E-state index contributed by atoms with van der Waals surface area (Å²) in [5.74, 6) is 0.766. The Kier molecular flexibility index (Phi) is 8.05. The number of nitrogens with one attached hydrogen (secondary N) is 1. The summed E-state index contributed by atoms with van der Waals surface area (Å²) in [4.78, 5) is 28.2. The maximum absolute atomic E-state index is 13.7. The lowest BCUT2D eigenvalue weighted by Crippen LogP contribution is -2.53. The third-order valence-corrected chi connectivity index (χ3v) is 7.64. The highest BCUT2D eigenvalue weighted by Crippen LogP contribution is 2.33. The number of aromatic nitrogens is 5. The number of hydrogen-bond acceptors (Lipinski definition) is 10. The zero-order valence-electron chi connectivity index (χ0n) is 24.4. The maximum atomic E-state index is 13.7. The van der Waals surface area contributed by atoms with Gasteiger partial charge in [-0.3, -0.25) is 4.79 Å². The molecule has 13 heteroatoms. The molecular weight excluding hydrogens is 567 g/mol. The van der Waals surface area contributed by atoms with Crippen molar-refractivity contribution in [1.82, 2.24) is 30.0 Å². The molecule has 3 aromatic heterocycles. The van der Waals surface area contributed by atoms with E-state index in [4.69, 9.17) is 25.0 Å². The highest BCUT2D eigenvalue weighted by Gasteiger charge is 2.34. The fourth-order valence-corrected chi connectivity index (χ4v) is 5.32. The number of nitrogen functional groups attached to an aromatic ring is 1. The molecule has 0 atom stereocenters. The minimum Gasteiger partial charge on any atom is -0.496 e. The largest absolute Gasteiger partial charge is 0.496 e. The Bertz CT molecular complexity index is 1790. The molecule has 0 radical (unpaired) electrons. The minimum atomic E-state index is -0.519. The van der Waals surface area contributed by atoms with Gasteiger partial charge in [0.15, 0.2) is 11.9 Å². The van der Waals surface area contributed by atoms with Crippen LogP contribution in [0.2, 0.25) is 0 Å². The number of amides is 1. The molecule has 0 saturated carbocycles. The second-order valence-electron chi connectivity index (χ2n) is 10.3. The fraction of sp³-hybridized carbons (Fsp3) is 0.258. The lowest BCUT2D eigenvalue weighted by atomic mass is 9.99. The van der Waals surface area contributed by atoms with Gasteiger partial charge in [-0.1, -0.05) is 24.3 Å². The Labute approximate surface area is 252 Å². The highest BCUT2D eigenvalue weighted by molar-refractivity contribution is 5.99. The first kappa shape index (κ1) is 29.0. The molecule has 12 nitrogen and oxygen atoms in total. The van der Waals surface area contributed by atoms with Crippen molar-refractivity contribution in [2.45, 2.75) is 12.8 Å². The summed E-state index contributed by atoms with van der Waals surface area (Å²) in [5, 5.41) is 8.28. The van der Waals surface area contributed by atoms with Gasteiger partial charge in [0, 0.05) is 45.3 Å². The molecule has 1 aliphatic heterocycles. The quantitative estimate of drug-likeness (QED) is 0.229. The number of methoxy groups -OCH3 is 3. The predicted octanol–water partition coefficient (Wildman–Crippen LogP) is 3.59. The van der Waals surface area contributed by atoms with E-state index >= 15 is 0 Å². The minimum absolute atomic E-state index is 0.124. The van der Waals surface area contributed by atoms with Crippen LogP contribution < -0.4 is 20.7 Å². The zero-order chi connectivity index (χ0) is 30.8. The van der Waals surface area contributed by atoms with Crippen LogP contribution in [-0.2, 0) is 16.0 Å². The number of nitrogens with zero attached hydrogens (tertiary/aromatic N) is 6. The number of rotatable bonds is 10. The number of pyridine rings is 1. The molecule has 0 bridgehead atoms. The number of ether oxygens (including phenoxy) is 3. The molecule has 6 rings (SSSR count). The van der Waals surface area contributed by atoms with Gasteiger partial charge in [-0.05, 0) is 35.9 Å². The normalized spacial score (nSPS) is 13.3. The van der Waals surface area contributed by atoms with E-state index in [0.29, 0.717) is 28.3 Å². The molecule has 3 N–H and O–H groups in total. The van der Waals surface area contributed by atoms with Crippen LogP contribution in [0.4, 0.5) is 16.0 Å². The lowest BCUT2D eigenvalue weighted by Gasteiger charge is -2.42. The van der Waals surface area contributed by atoms with Gasteiger partial charge >= 0.3 is 0 Å². The summed E-state index contributed by atoms with van der Waals surface area (Å²) in [7, 11) is 4.72. The van der Waals surface area contributed by atoms with Crippen molar-refractivity contribution < 1.29 is 23.4 Å². The smallest absolute Gasteiger partial charge is 0.255 e. The monoisotopic (exact) mass is 598 g/mol. The number of nitrogens with two attached hydrogens (primary N) is 1. The Morgan fingerprint density at radius 1 is 1.05 bits per heavy atom. The van der Waals surface area contributed by atoms with Crippen LogP contribution >= 0.6 is 0 Å². The van der Waals surface area contributed by atoms with Gasteiger partial charge in [-0.2, -0.15) is 5.10 Å². The van der Waals surface area contributed by atoms with Gasteiger partial charge in [0.2, 0.25) is 0 Å². The zero-order valence-corrected chi connectivity index (χ0v) is 24.4. The molecule has 1 aliphatic rings. The van der Waals surface area contributed by atoms with E-state index < -0.39 is 11.7 Å². The number of fused-ring (bicyclic) bond motifs is 1. The number of carbonyl (C=O) groups is 1. The van der Waals surface area contributed by atoms with Gasteiger partial charge in [0.25, 0.3) is 5.91 Å². The van der Waals surface area contributed by atoms with Crippen molar-refractivity contribution in [3.8, 4) is 22.7 Å². The SMILES string of the molecule is COc1ccc(F)cc1C(=O)NCc1ccc(-c2nn(-c3ccc(N4CC(C(OC)OC)C4)nc3)c3ncnc(N)c23)cc1. The molecule has 4 heterocycles. The molecule has 0 unspecified atom stereocenters. The van der Waals surface area contributed by atoms with Crippen LogP contribution in [0, 0.1) is 11.7 Å². The number of hydrogen-bond donors (Lipinski definition) is 2. The van der Waals surface area contributed by atoms with Crippen LogP contribution in [-0.4, -0.2) is 71.3 Å². The van der Waals surface area contributed by atoms with Crippen molar-refractivity contribution >= 4 is 28.6 Å². The maximum Gasteiger partial charge on any atom is 0.255 e. The van der Waals surface area contributed by atoms with Crippen molar-refractivity contribution in [3.05, 3.63) is 84.1 Å². The van der Waals surface area contributed by atoms with E-state index in [1.807, 2.05) is 36.4 Å². The average Bonchev–Trinajstić information content (AvgIpc) is 3.42.